The van der Waals surface area contributed by atoms with Gasteiger partial charge in [0.25, 0.3) is 0 Å². The monoisotopic (exact) mass is 184 g/mol. The average Bonchev–Trinajstić information content (AvgIpc) is 2.09. The van der Waals surface area contributed by atoms with Gasteiger partial charge in [-0.05, 0) is 18.8 Å². The van der Waals surface area contributed by atoms with Gasteiger partial charge in [-0.15, -0.1) is 0 Å². The van der Waals surface area contributed by atoms with Crippen LogP contribution in [0.4, 0.5) is 0 Å². The molecule has 0 unspecified atom stereocenters. The molecule has 0 amide bonds. The van der Waals surface area contributed by atoms with Crippen LogP contribution in [0.5, 0.6) is 0 Å². The largest absolute Gasteiger partial charge is 0.468 e. The van der Waals surface area contributed by atoms with Crippen LogP contribution in [0.3, 0.4) is 0 Å². The van der Waals surface area contributed by atoms with Crippen LogP contribution in [-0.2, 0) is 14.3 Å². The molecule has 0 aromatic heterocycles. The van der Waals surface area contributed by atoms with Crippen LogP contribution in [0.25, 0.3) is 0 Å². The highest BCUT2D eigenvalue weighted by Gasteiger charge is 2.53. The Morgan fingerprint density at radius 1 is 1.46 bits per heavy atom. The van der Waals surface area contributed by atoms with Crippen molar-refractivity contribution in [2.24, 2.45) is 11.3 Å². The average molecular weight is 184 g/mol. The predicted molar refractivity (Wildman–Crippen MR) is 48.1 cm³/mol. The van der Waals surface area contributed by atoms with Gasteiger partial charge in [-0.2, -0.15) is 0 Å². The first-order valence-corrected chi connectivity index (χ1v) is 4.68. The SMILES string of the molecule is CCC(=O)C1(C(=O)OC)CC(C)C1. The summed E-state index contributed by atoms with van der Waals surface area (Å²) in [4.78, 5) is 23.0. The number of ether oxygens (including phenoxy) is 1. The van der Waals surface area contributed by atoms with Crippen molar-refractivity contribution < 1.29 is 14.3 Å². The van der Waals surface area contributed by atoms with Gasteiger partial charge < -0.3 is 4.74 Å². The van der Waals surface area contributed by atoms with Crippen LogP contribution in [-0.4, -0.2) is 18.9 Å². The molecule has 0 spiro atoms. The van der Waals surface area contributed by atoms with E-state index in [1.54, 1.807) is 6.92 Å². The zero-order valence-corrected chi connectivity index (χ0v) is 8.42. The molecular formula is C10H16O3. The third-order valence-corrected chi connectivity index (χ3v) is 2.82. The summed E-state index contributed by atoms with van der Waals surface area (Å²) in [5.74, 6) is 0.143. The molecule has 3 heteroatoms. The number of hydrogen-bond acceptors (Lipinski definition) is 3. The fourth-order valence-corrected chi connectivity index (χ4v) is 2.17. The van der Waals surface area contributed by atoms with Crippen molar-refractivity contribution in [2.45, 2.75) is 33.1 Å². The van der Waals surface area contributed by atoms with Crippen LogP contribution < -0.4 is 0 Å². The molecule has 0 bridgehead atoms. The van der Waals surface area contributed by atoms with Crippen molar-refractivity contribution in [3.8, 4) is 0 Å². The normalized spacial score (nSPS) is 32.1. The third kappa shape index (κ3) is 1.47. The standard InChI is InChI=1S/C10H16O3/c1-4-8(11)10(9(12)13-3)5-7(2)6-10/h7H,4-6H2,1-3H3. The number of carbonyl (C=O) groups is 2. The molecule has 74 valence electrons. The maximum absolute atomic E-state index is 11.6. The molecule has 0 saturated heterocycles. The first kappa shape index (κ1) is 10.2. The van der Waals surface area contributed by atoms with Gasteiger partial charge in [0.05, 0.1) is 7.11 Å². The summed E-state index contributed by atoms with van der Waals surface area (Å²) in [6.45, 7) is 3.83. The lowest BCUT2D eigenvalue weighted by Gasteiger charge is -2.42. The van der Waals surface area contributed by atoms with Gasteiger partial charge in [-0.25, -0.2) is 0 Å². The number of rotatable bonds is 3. The van der Waals surface area contributed by atoms with E-state index < -0.39 is 5.41 Å². The smallest absolute Gasteiger partial charge is 0.319 e. The molecule has 1 aliphatic carbocycles. The number of hydrogen-bond donors (Lipinski definition) is 0. The molecule has 0 aliphatic heterocycles. The molecule has 3 nitrogen and oxygen atoms in total. The lowest BCUT2D eigenvalue weighted by molar-refractivity contribution is -0.167. The number of carbonyl (C=O) groups excluding carboxylic acids is 2. The maximum atomic E-state index is 11.6. The summed E-state index contributed by atoms with van der Waals surface area (Å²) in [6, 6.07) is 0. The van der Waals surface area contributed by atoms with E-state index in [-0.39, 0.29) is 11.8 Å². The Bertz CT molecular complexity index is 208. The van der Waals surface area contributed by atoms with Crippen LogP contribution in [0.1, 0.15) is 33.1 Å². The summed E-state index contributed by atoms with van der Waals surface area (Å²) in [7, 11) is 1.34. The number of Topliss-reactive ketones (excluding diaryl/α,β-unsaturated/α-hetero) is 1. The first-order valence-electron chi connectivity index (χ1n) is 4.68. The van der Waals surface area contributed by atoms with Crippen molar-refractivity contribution in [3.05, 3.63) is 0 Å². The van der Waals surface area contributed by atoms with Crippen LogP contribution in [0.15, 0.2) is 0 Å². The number of esters is 1. The first-order chi connectivity index (χ1) is 6.06. The molecule has 0 N–H and O–H groups in total. The van der Waals surface area contributed by atoms with Crippen molar-refractivity contribution in [2.75, 3.05) is 7.11 Å². The molecule has 1 fully saturated rings. The van der Waals surface area contributed by atoms with Gasteiger partial charge in [-0.3, -0.25) is 9.59 Å². The second-order valence-corrected chi connectivity index (χ2v) is 3.86. The highest BCUT2D eigenvalue weighted by molar-refractivity contribution is 6.04. The molecule has 1 rings (SSSR count). The van der Waals surface area contributed by atoms with Gasteiger partial charge >= 0.3 is 5.97 Å². The Balaban J connectivity index is 2.78. The lowest BCUT2D eigenvalue weighted by atomic mass is 9.60. The Labute approximate surface area is 78.5 Å². The molecule has 1 saturated carbocycles. The van der Waals surface area contributed by atoms with Crippen LogP contribution in [0.2, 0.25) is 0 Å². The molecule has 0 heterocycles. The summed E-state index contributed by atoms with van der Waals surface area (Å²) in [6.07, 6.45) is 1.74. The van der Waals surface area contributed by atoms with Crippen molar-refractivity contribution in [1.82, 2.24) is 0 Å². The van der Waals surface area contributed by atoms with Crippen molar-refractivity contribution in [1.29, 1.82) is 0 Å². The van der Waals surface area contributed by atoms with Gasteiger partial charge in [0.1, 0.15) is 11.2 Å². The Morgan fingerprint density at radius 3 is 2.31 bits per heavy atom. The minimum absolute atomic E-state index is 0.0254. The summed E-state index contributed by atoms with van der Waals surface area (Å²) in [5.41, 5.74) is -0.789. The molecular weight excluding hydrogens is 168 g/mol. The number of methoxy groups -OCH3 is 1. The Hall–Kier alpha value is -0.860. The van der Waals surface area contributed by atoms with Gasteiger partial charge in [-0.1, -0.05) is 13.8 Å². The molecule has 0 radical (unpaired) electrons. The highest BCUT2D eigenvalue weighted by Crippen LogP contribution is 2.47. The van der Waals surface area contributed by atoms with E-state index in [0.29, 0.717) is 25.2 Å². The minimum atomic E-state index is -0.789. The van der Waals surface area contributed by atoms with Crippen LogP contribution in [0, 0.1) is 11.3 Å². The second-order valence-electron chi connectivity index (χ2n) is 3.86. The third-order valence-electron chi connectivity index (χ3n) is 2.82. The summed E-state index contributed by atoms with van der Waals surface area (Å²) >= 11 is 0. The van der Waals surface area contributed by atoms with E-state index in [1.807, 2.05) is 6.92 Å². The zero-order valence-electron chi connectivity index (χ0n) is 8.42. The predicted octanol–water partition coefficient (Wildman–Crippen LogP) is 1.55. The minimum Gasteiger partial charge on any atom is -0.468 e. The topological polar surface area (TPSA) is 43.4 Å². The molecule has 0 aromatic rings. The summed E-state index contributed by atoms with van der Waals surface area (Å²) < 4.78 is 4.67. The van der Waals surface area contributed by atoms with Crippen molar-refractivity contribution >= 4 is 11.8 Å². The van der Waals surface area contributed by atoms with Gasteiger partial charge in [0, 0.05) is 6.42 Å². The molecule has 0 atom stereocenters. The molecule has 1 aliphatic rings. The van der Waals surface area contributed by atoms with E-state index in [9.17, 15) is 9.59 Å². The summed E-state index contributed by atoms with van der Waals surface area (Å²) in [5, 5.41) is 0. The quantitative estimate of drug-likeness (QED) is 0.493. The van der Waals surface area contributed by atoms with E-state index in [2.05, 4.69) is 4.74 Å². The van der Waals surface area contributed by atoms with Gasteiger partial charge in [0.15, 0.2) is 0 Å². The fraction of sp³-hybridized carbons (Fsp3) is 0.800. The highest BCUT2D eigenvalue weighted by atomic mass is 16.5. The van der Waals surface area contributed by atoms with Crippen LogP contribution >= 0.6 is 0 Å². The van der Waals surface area contributed by atoms with E-state index in [4.69, 9.17) is 0 Å². The Kier molecular flexibility index (Phi) is 2.74. The molecule has 13 heavy (non-hydrogen) atoms. The number of ketones is 1. The molecule has 0 aromatic carbocycles. The van der Waals surface area contributed by atoms with E-state index in [1.165, 1.54) is 7.11 Å². The van der Waals surface area contributed by atoms with Gasteiger partial charge in [0.2, 0.25) is 0 Å². The zero-order chi connectivity index (χ0) is 10.1. The lowest BCUT2D eigenvalue weighted by Crippen LogP contribution is -2.49. The fourth-order valence-electron chi connectivity index (χ4n) is 2.17. The Morgan fingerprint density at radius 2 is 2.00 bits per heavy atom. The van der Waals surface area contributed by atoms with E-state index in [0.717, 1.165) is 0 Å². The second kappa shape index (κ2) is 3.48. The van der Waals surface area contributed by atoms with Crippen molar-refractivity contribution in [3.63, 3.8) is 0 Å². The van der Waals surface area contributed by atoms with E-state index >= 15 is 0 Å². The maximum Gasteiger partial charge on any atom is 0.319 e.